The highest BCUT2D eigenvalue weighted by molar-refractivity contribution is 5.86. The van der Waals surface area contributed by atoms with Crippen molar-refractivity contribution in [1.82, 2.24) is 0 Å². The van der Waals surface area contributed by atoms with E-state index in [-0.39, 0.29) is 5.41 Å². The number of hydrogen-bond acceptors (Lipinski definition) is 0. The molecule has 34 heavy (non-hydrogen) atoms. The van der Waals surface area contributed by atoms with Crippen LogP contribution in [0.4, 0.5) is 0 Å². The van der Waals surface area contributed by atoms with Crippen LogP contribution in [0.15, 0.2) is 78.9 Å². The van der Waals surface area contributed by atoms with Gasteiger partial charge in [-0.15, -0.1) is 0 Å². The lowest BCUT2D eigenvalue weighted by Gasteiger charge is -2.24. The average Bonchev–Trinajstić information content (AvgIpc) is 3.05. The van der Waals surface area contributed by atoms with Gasteiger partial charge in [-0.25, -0.2) is 0 Å². The third kappa shape index (κ3) is 3.61. The zero-order valence-electron chi connectivity index (χ0n) is 21.5. The van der Waals surface area contributed by atoms with Crippen LogP contribution in [0.2, 0.25) is 0 Å². The Morgan fingerprint density at radius 3 is 2.06 bits per heavy atom. The van der Waals surface area contributed by atoms with Crippen LogP contribution in [0.3, 0.4) is 0 Å². The highest BCUT2D eigenvalue weighted by Gasteiger charge is 2.35. The van der Waals surface area contributed by atoms with Gasteiger partial charge >= 0.3 is 0 Å². The predicted octanol–water partition coefficient (Wildman–Crippen LogP) is 9.85. The summed E-state index contributed by atoms with van der Waals surface area (Å²) in [6.45, 7) is 13.9. The molecule has 0 saturated heterocycles. The van der Waals surface area contributed by atoms with Crippen molar-refractivity contribution < 1.29 is 0 Å². The largest absolute Gasteiger partial charge is 0.0654 e. The molecule has 1 atom stereocenters. The molecule has 0 heterocycles. The maximum Gasteiger partial charge on any atom is 0.0159 e. The van der Waals surface area contributed by atoms with Crippen LogP contribution < -0.4 is 0 Å². The van der Waals surface area contributed by atoms with Crippen molar-refractivity contribution in [3.8, 4) is 33.4 Å². The zero-order valence-corrected chi connectivity index (χ0v) is 21.5. The summed E-state index contributed by atoms with van der Waals surface area (Å²) in [6.07, 6.45) is 2.38. The van der Waals surface area contributed by atoms with Gasteiger partial charge in [0, 0.05) is 5.41 Å². The van der Waals surface area contributed by atoms with Gasteiger partial charge in [0.2, 0.25) is 0 Å². The van der Waals surface area contributed by atoms with E-state index in [2.05, 4.69) is 120 Å². The van der Waals surface area contributed by atoms with Gasteiger partial charge in [-0.1, -0.05) is 112 Å². The summed E-state index contributed by atoms with van der Waals surface area (Å²) in [7, 11) is 0. The highest BCUT2D eigenvalue weighted by atomic mass is 14.4. The van der Waals surface area contributed by atoms with E-state index in [9.17, 15) is 0 Å². The highest BCUT2D eigenvalue weighted by Crippen LogP contribution is 2.50. The molecule has 0 bridgehead atoms. The van der Waals surface area contributed by atoms with E-state index in [4.69, 9.17) is 0 Å². The lowest BCUT2D eigenvalue weighted by Crippen LogP contribution is -2.15. The van der Waals surface area contributed by atoms with Crippen LogP contribution in [0.25, 0.3) is 33.4 Å². The maximum atomic E-state index is 2.48. The van der Waals surface area contributed by atoms with Gasteiger partial charge in [0.05, 0.1) is 0 Å². The topological polar surface area (TPSA) is 0 Å². The van der Waals surface area contributed by atoms with Crippen molar-refractivity contribution in [2.45, 2.75) is 65.7 Å². The fourth-order valence-electron chi connectivity index (χ4n) is 6.05. The first-order chi connectivity index (χ1) is 16.3. The van der Waals surface area contributed by atoms with Crippen molar-refractivity contribution in [2.24, 2.45) is 0 Å². The van der Waals surface area contributed by atoms with Crippen LogP contribution in [-0.2, 0) is 5.41 Å². The molecule has 4 aromatic rings. The van der Waals surface area contributed by atoms with Crippen LogP contribution in [0, 0.1) is 13.8 Å². The Labute approximate surface area is 205 Å². The molecule has 0 saturated carbocycles. The molecule has 0 N–H and O–H groups in total. The van der Waals surface area contributed by atoms with Gasteiger partial charge in [0.1, 0.15) is 0 Å². The maximum absolute atomic E-state index is 2.48. The summed E-state index contributed by atoms with van der Waals surface area (Å²) in [5.74, 6) is 0.497. The molecule has 0 amide bonds. The molecule has 172 valence electrons. The SMILES string of the molecule is CCCC(C)c1c(-c2ccc3c(c2)C(C)(C)c2cc(C)ccc2-3)cccc1-c1ccccc1C. The van der Waals surface area contributed by atoms with Crippen LogP contribution >= 0.6 is 0 Å². The molecule has 0 aliphatic heterocycles. The van der Waals surface area contributed by atoms with Crippen molar-refractivity contribution in [1.29, 1.82) is 0 Å². The average molecular weight is 445 g/mol. The fourth-order valence-corrected chi connectivity index (χ4v) is 6.05. The summed E-state index contributed by atoms with van der Waals surface area (Å²) < 4.78 is 0. The molecular weight excluding hydrogens is 408 g/mol. The van der Waals surface area contributed by atoms with Crippen molar-refractivity contribution in [3.05, 3.63) is 107 Å². The summed E-state index contributed by atoms with van der Waals surface area (Å²) in [5.41, 5.74) is 15.3. The number of aryl methyl sites for hydroxylation is 2. The second kappa shape index (κ2) is 8.58. The smallest absolute Gasteiger partial charge is 0.0159 e. The van der Waals surface area contributed by atoms with E-state index >= 15 is 0 Å². The molecule has 1 aliphatic rings. The summed E-state index contributed by atoms with van der Waals surface area (Å²) in [6, 6.07) is 29.8. The Morgan fingerprint density at radius 1 is 0.676 bits per heavy atom. The predicted molar refractivity (Wildman–Crippen MR) is 148 cm³/mol. The fraction of sp³-hybridized carbons (Fsp3) is 0.294. The molecule has 5 rings (SSSR count). The first-order valence-corrected chi connectivity index (χ1v) is 12.8. The van der Waals surface area contributed by atoms with Crippen LogP contribution in [-0.4, -0.2) is 0 Å². The minimum atomic E-state index is 0.00945. The Kier molecular flexibility index (Phi) is 5.72. The van der Waals surface area contributed by atoms with Gasteiger partial charge < -0.3 is 0 Å². The second-order valence-corrected chi connectivity index (χ2v) is 10.7. The lowest BCUT2D eigenvalue weighted by atomic mass is 9.79. The number of hydrogen-bond donors (Lipinski definition) is 0. The number of benzene rings is 4. The third-order valence-corrected chi connectivity index (χ3v) is 7.90. The minimum absolute atomic E-state index is 0.00945. The lowest BCUT2D eigenvalue weighted by molar-refractivity contribution is 0.659. The van der Waals surface area contributed by atoms with Gasteiger partial charge in [0.15, 0.2) is 0 Å². The van der Waals surface area contributed by atoms with E-state index in [0.717, 1.165) is 0 Å². The Balaban J connectivity index is 1.72. The molecule has 0 aromatic heterocycles. The molecule has 0 heteroatoms. The molecule has 0 radical (unpaired) electrons. The van der Waals surface area contributed by atoms with Crippen LogP contribution in [0.5, 0.6) is 0 Å². The first-order valence-electron chi connectivity index (χ1n) is 12.8. The zero-order chi connectivity index (χ0) is 24.0. The third-order valence-electron chi connectivity index (χ3n) is 7.90. The Bertz CT molecular complexity index is 1370. The van der Waals surface area contributed by atoms with Crippen molar-refractivity contribution >= 4 is 0 Å². The Morgan fingerprint density at radius 2 is 1.32 bits per heavy atom. The number of fused-ring (bicyclic) bond motifs is 3. The first kappa shape index (κ1) is 22.7. The van der Waals surface area contributed by atoms with Gasteiger partial charge in [0.25, 0.3) is 0 Å². The standard InChI is InChI=1S/C34H36/c1-7-11-24(4)33-27(14-10-15-30(33)26-13-9-8-12-23(26)3)25-17-19-29-28-18-16-22(2)20-31(28)34(5,6)32(29)21-25/h8-10,12-21,24H,7,11H2,1-6H3. The molecule has 1 aliphatic carbocycles. The van der Waals surface area contributed by atoms with Crippen LogP contribution in [0.1, 0.15) is 74.3 Å². The summed E-state index contributed by atoms with van der Waals surface area (Å²) >= 11 is 0. The van der Waals surface area contributed by atoms with Crippen molar-refractivity contribution in [3.63, 3.8) is 0 Å². The van der Waals surface area contributed by atoms with E-state index < -0.39 is 0 Å². The molecule has 0 fully saturated rings. The monoisotopic (exact) mass is 444 g/mol. The second-order valence-electron chi connectivity index (χ2n) is 10.7. The van der Waals surface area contributed by atoms with Crippen molar-refractivity contribution in [2.75, 3.05) is 0 Å². The minimum Gasteiger partial charge on any atom is -0.0654 e. The van der Waals surface area contributed by atoms with E-state index in [1.165, 1.54) is 74.0 Å². The molecule has 4 aromatic carbocycles. The van der Waals surface area contributed by atoms with E-state index in [1.54, 1.807) is 0 Å². The Hall–Kier alpha value is -3.12. The summed E-state index contributed by atoms with van der Waals surface area (Å²) in [5, 5.41) is 0. The summed E-state index contributed by atoms with van der Waals surface area (Å²) in [4.78, 5) is 0. The molecule has 0 spiro atoms. The molecule has 0 nitrogen and oxygen atoms in total. The van der Waals surface area contributed by atoms with Gasteiger partial charge in [-0.05, 0) is 87.9 Å². The van der Waals surface area contributed by atoms with Gasteiger partial charge in [-0.3, -0.25) is 0 Å². The van der Waals surface area contributed by atoms with E-state index in [0.29, 0.717) is 5.92 Å². The molecule has 1 unspecified atom stereocenters. The van der Waals surface area contributed by atoms with Gasteiger partial charge in [-0.2, -0.15) is 0 Å². The molecular formula is C34H36. The quantitative estimate of drug-likeness (QED) is 0.287. The number of rotatable bonds is 5. The van der Waals surface area contributed by atoms with E-state index in [1.807, 2.05) is 0 Å². The normalized spacial score (nSPS) is 14.5.